The second kappa shape index (κ2) is 14.8. The summed E-state index contributed by atoms with van der Waals surface area (Å²) in [5, 5.41) is 0. The predicted molar refractivity (Wildman–Crippen MR) is 160 cm³/mol. The number of benzene rings is 3. The van der Waals surface area contributed by atoms with Gasteiger partial charge in [-0.3, -0.25) is 14.6 Å². The fraction of sp³-hybridized carbons (Fsp3) is 0.406. The number of fused-ring (bicyclic) bond motifs is 1. The molecule has 0 spiro atoms. The van der Waals surface area contributed by atoms with Crippen LogP contribution in [0.5, 0.6) is 5.75 Å². The molecule has 3 aromatic rings. The number of aryl methyl sites for hydroxylation is 1. The van der Waals surface area contributed by atoms with Crippen LogP contribution in [-0.2, 0) is 19.6 Å². The summed E-state index contributed by atoms with van der Waals surface area (Å²) in [6, 6.07) is 21.2. The minimum atomic E-state index is -0.218. The van der Waals surface area contributed by atoms with E-state index in [1.165, 1.54) is 23.3 Å². The molecule has 3 aromatic carbocycles. The summed E-state index contributed by atoms with van der Waals surface area (Å²) < 4.78 is 19.2. The molecule has 0 bridgehead atoms. The van der Waals surface area contributed by atoms with Crippen LogP contribution < -0.4 is 4.74 Å². The van der Waals surface area contributed by atoms with E-state index in [2.05, 4.69) is 41.0 Å². The van der Waals surface area contributed by atoms with Gasteiger partial charge in [-0.1, -0.05) is 36.4 Å². The number of Topliss-reactive ketones (excluding diaryl/α,β-unsaturated/α-hetero) is 1. The Hall–Kier alpha value is -2.44. The third-order valence-corrected chi connectivity index (χ3v) is 7.90. The van der Waals surface area contributed by atoms with Crippen LogP contribution in [0, 0.1) is 18.7 Å². The SMILES string of the molecule is Cc1ccccc1CN1CCC(CCC(=O)c2ccc3c(c2)CN(Cc2ccc(F)cc2)CCO3)CC1.Cl.Cl. The molecule has 0 aromatic heterocycles. The lowest BCUT2D eigenvalue weighted by atomic mass is 9.90. The summed E-state index contributed by atoms with van der Waals surface area (Å²) in [6.07, 6.45) is 3.88. The zero-order valence-electron chi connectivity index (χ0n) is 22.6. The van der Waals surface area contributed by atoms with Crippen LogP contribution in [0.2, 0.25) is 0 Å². The van der Waals surface area contributed by atoms with Crippen molar-refractivity contribution in [3.8, 4) is 5.75 Å². The van der Waals surface area contributed by atoms with Crippen LogP contribution in [0.4, 0.5) is 4.39 Å². The van der Waals surface area contributed by atoms with Gasteiger partial charge in [-0.05, 0) is 92.2 Å². The summed E-state index contributed by atoms with van der Waals surface area (Å²) in [5.41, 5.74) is 5.68. The number of ether oxygens (including phenoxy) is 1. The lowest BCUT2D eigenvalue weighted by Gasteiger charge is -2.32. The van der Waals surface area contributed by atoms with E-state index in [0.29, 0.717) is 25.5 Å². The van der Waals surface area contributed by atoms with E-state index >= 15 is 0 Å². The Morgan fingerprint density at radius 3 is 2.41 bits per heavy atom. The van der Waals surface area contributed by atoms with Crippen LogP contribution in [0.25, 0.3) is 0 Å². The zero-order chi connectivity index (χ0) is 25.6. The highest BCUT2D eigenvalue weighted by Gasteiger charge is 2.22. The molecule has 7 heteroatoms. The lowest BCUT2D eigenvalue weighted by Crippen LogP contribution is -2.33. The molecule has 1 fully saturated rings. The van der Waals surface area contributed by atoms with Crippen molar-refractivity contribution >= 4 is 30.6 Å². The van der Waals surface area contributed by atoms with E-state index in [-0.39, 0.29) is 36.4 Å². The van der Waals surface area contributed by atoms with E-state index < -0.39 is 0 Å². The minimum Gasteiger partial charge on any atom is -0.492 e. The van der Waals surface area contributed by atoms with Gasteiger partial charge >= 0.3 is 0 Å². The monoisotopic (exact) mass is 572 g/mol. The standard InChI is InChI=1S/C32H37FN2O2.2ClH/c1-24-4-2-3-5-28(24)22-34-16-14-25(15-17-34)8-12-31(36)27-9-13-32-29(20-27)23-35(18-19-37-32)21-26-6-10-30(33)11-7-26;;/h2-7,9-11,13,20,25H,8,12,14-19,21-23H2,1H3;2*1H. The second-order valence-corrected chi connectivity index (χ2v) is 10.6. The van der Waals surface area contributed by atoms with Crippen molar-refractivity contribution in [2.24, 2.45) is 5.92 Å². The zero-order valence-corrected chi connectivity index (χ0v) is 24.2. The topological polar surface area (TPSA) is 32.8 Å². The number of likely N-dealkylation sites (tertiary alicyclic amines) is 1. The summed E-state index contributed by atoms with van der Waals surface area (Å²) in [7, 11) is 0. The number of nitrogens with zero attached hydrogens (tertiary/aromatic N) is 2. The maximum absolute atomic E-state index is 13.3. The Morgan fingerprint density at radius 1 is 0.923 bits per heavy atom. The highest BCUT2D eigenvalue weighted by molar-refractivity contribution is 5.96. The normalized spacial score (nSPS) is 16.3. The molecule has 5 rings (SSSR count). The molecule has 1 saturated heterocycles. The molecular weight excluding hydrogens is 534 g/mol. The number of halogens is 3. The van der Waals surface area contributed by atoms with E-state index in [4.69, 9.17) is 4.74 Å². The van der Waals surface area contributed by atoms with Crippen molar-refractivity contribution in [2.75, 3.05) is 26.2 Å². The fourth-order valence-corrected chi connectivity index (χ4v) is 5.55. The van der Waals surface area contributed by atoms with Gasteiger partial charge in [0.25, 0.3) is 0 Å². The van der Waals surface area contributed by atoms with Crippen molar-refractivity contribution in [3.63, 3.8) is 0 Å². The molecule has 0 aliphatic carbocycles. The molecule has 210 valence electrons. The van der Waals surface area contributed by atoms with Crippen molar-refractivity contribution < 1.29 is 13.9 Å². The van der Waals surface area contributed by atoms with E-state index in [1.54, 1.807) is 0 Å². The molecule has 4 nitrogen and oxygen atoms in total. The molecule has 39 heavy (non-hydrogen) atoms. The van der Waals surface area contributed by atoms with E-state index in [9.17, 15) is 9.18 Å². The van der Waals surface area contributed by atoms with Gasteiger partial charge in [0.05, 0.1) is 0 Å². The van der Waals surface area contributed by atoms with Crippen molar-refractivity contribution in [2.45, 2.75) is 52.2 Å². The summed E-state index contributed by atoms with van der Waals surface area (Å²) in [5.74, 6) is 1.48. The summed E-state index contributed by atoms with van der Waals surface area (Å²) in [4.78, 5) is 17.9. The summed E-state index contributed by atoms with van der Waals surface area (Å²) >= 11 is 0. The number of carbonyl (C=O) groups excluding carboxylic acids is 1. The Kier molecular flexibility index (Phi) is 11.8. The van der Waals surface area contributed by atoms with Crippen LogP contribution in [0.1, 0.15) is 58.3 Å². The Morgan fingerprint density at radius 2 is 1.67 bits per heavy atom. The molecule has 0 saturated carbocycles. The van der Waals surface area contributed by atoms with Gasteiger partial charge in [0, 0.05) is 43.7 Å². The highest BCUT2D eigenvalue weighted by atomic mass is 35.5. The number of ketones is 1. The molecule has 2 aliphatic heterocycles. The van der Waals surface area contributed by atoms with Crippen LogP contribution >= 0.6 is 24.8 Å². The Balaban J connectivity index is 0.00000210. The molecule has 0 N–H and O–H groups in total. The first-order valence-corrected chi connectivity index (χ1v) is 13.6. The second-order valence-electron chi connectivity index (χ2n) is 10.6. The van der Waals surface area contributed by atoms with Crippen LogP contribution in [-0.4, -0.2) is 41.8 Å². The van der Waals surface area contributed by atoms with Gasteiger partial charge in [-0.15, -0.1) is 24.8 Å². The predicted octanol–water partition coefficient (Wildman–Crippen LogP) is 7.25. The smallest absolute Gasteiger partial charge is 0.162 e. The average Bonchev–Trinajstić information content (AvgIpc) is 3.12. The van der Waals surface area contributed by atoms with Crippen molar-refractivity contribution in [1.29, 1.82) is 0 Å². The molecule has 0 amide bonds. The van der Waals surface area contributed by atoms with Gasteiger partial charge in [0.2, 0.25) is 0 Å². The first-order chi connectivity index (χ1) is 18.0. The van der Waals surface area contributed by atoms with Crippen molar-refractivity contribution in [3.05, 3.63) is 100 Å². The molecule has 2 aliphatic rings. The maximum Gasteiger partial charge on any atom is 0.162 e. The quantitative estimate of drug-likeness (QED) is 0.266. The fourth-order valence-electron chi connectivity index (χ4n) is 5.55. The van der Waals surface area contributed by atoms with Gasteiger partial charge in [-0.2, -0.15) is 0 Å². The highest BCUT2D eigenvalue weighted by Crippen LogP contribution is 2.28. The molecule has 0 radical (unpaired) electrons. The van der Waals surface area contributed by atoms with E-state index in [0.717, 1.165) is 74.4 Å². The number of rotatable bonds is 8. The number of hydrogen-bond acceptors (Lipinski definition) is 4. The summed E-state index contributed by atoms with van der Waals surface area (Å²) in [6.45, 7) is 8.25. The number of hydrogen-bond donors (Lipinski definition) is 0. The van der Waals surface area contributed by atoms with Gasteiger partial charge in [-0.25, -0.2) is 4.39 Å². The van der Waals surface area contributed by atoms with Crippen LogP contribution in [0.3, 0.4) is 0 Å². The first-order valence-electron chi connectivity index (χ1n) is 13.6. The third kappa shape index (κ3) is 8.52. The lowest BCUT2D eigenvalue weighted by molar-refractivity contribution is 0.0961. The van der Waals surface area contributed by atoms with Gasteiger partial charge in [0.1, 0.15) is 18.2 Å². The Labute approximate surface area is 244 Å². The van der Waals surface area contributed by atoms with Crippen LogP contribution in [0.15, 0.2) is 66.7 Å². The first kappa shape index (κ1) is 31.1. The average molecular weight is 574 g/mol. The Bertz CT molecular complexity index is 1210. The molecule has 0 unspecified atom stereocenters. The maximum atomic E-state index is 13.3. The molecule has 2 heterocycles. The largest absolute Gasteiger partial charge is 0.492 e. The number of carbonyl (C=O) groups is 1. The van der Waals surface area contributed by atoms with E-state index in [1.807, 2.05) is 30.3 Å². The van der Waals surface area contributed by atoms with Crippen molar-refractivity contribution in [1.82, 2.24) is 9.80 Å². The third-order valence-electron chi connectivity index (χ3n) is 7.90. The molecule has 0 atom stereocenters. The van der Waals surface area contributed by atoms with Gasteiger partial charge in [0.15, 0.2) is 5.78 Å². The molecular formula is C32H39Cl2FN2O2. The minimum absolute atomic E-state index is 0. The number of piperidine rings is 1. The van der Waals surface area contributed by atoms with Gasteiger partial charge < -0.3 is 4.74 Å².